The van der Waals surface area contributed by atoms with Crippen molar-refractivity contribution in [2.24, 2.45) is 0 Å². The fourth-order valence-electron chi connectivity index (χ4n) is 1.36. The molecule has 1 heterocycles. The van der Waals surface area contributed by atoms with Crippen molar-refractivity contribution in [3.63, 3.8) is 0 Å². The monoisotopic (exact) mass is 334 g/mol. The van der Waals surface area contributed by atoms with Gasteiger partial charge in [-0.1, -0.05) is 11.6 Å². The molecule has 0 aliphatic carbocycles. The van der Waals surface area contributed by atoms with Crippen LogP contribution in [0.3, 0.4) is 0 Å². The first-order chi connectivity index (χ1) is 8.32. The van der Waals surface area contributed by atoms with Crippen molar-refractivity contribution in [1.82, 2.24) is 9.88 Å². The molecule has 1 aromatic rings. The molecule has 1 aromatic heterocycles. The molecule has 18 heavy (non-hydrogen) atoms. The summed E-state index contributed by atoms with van der Waals surface area (Å²) < 4.78 is 0.606. The summed E-state index contributed by atoms with van der Waals surface area (Å²) in [6, 6.07) is 1.28. The van der Waals surface area contributed by atoms with E-state index in [1.807, 2.05) is 0 Å². The molecule has 0 fully saturated rings. The molecule has 0 aromatic carbocycles. The van der Waals surface area contributed by atoms with Gasteiger partial charge in [0.25, 0.3) is 5.91 Å². The summed E-state index contributed by atoms with van der Waals surface area (Å²) >= 11 is 9.04. The van der Waals surface area contributed by atoms with E-state index >= 15 is 0 Å². The second-order valence-corrected chi connectivity index (χ2v) is 5.19. The van der Waals surface area contributed by atoms with E-state index in [1.165, 1.54) is 17.2 Å². The Morgan fingerprint density at radius 3 is 2.67 bits per heavy atom. The number of hydrogen-bond donors (Lipinski definition) is 1. The highest BCUT2D eigenvalue weighted by molar-refractivity contribution is 9.10. The van der Waals surface area contributed by atoms with Crippen LogP contribution in [0, 0.1) is 0 Å². The zero-order valence-corrected chi connectivity index (χ0v) is 12.2. The van der Waals surface area contributed by atoms with E-state index in [2.05, 4.69) is 20.9 Å². The highest BCUT2D eigenvalue weighted by atomic mass is 79.9. The van der Waals surface area contributed by atoms with Crippen LogP contribution >= 0.6 is 27.5 Å². The molecular formula is C11H12BrClN2O3. The average molecular weight is 336 g/mol. The second-order valence-electron chi connectivity index (χ2n) is 3.91. The normalized spacial score (nSPS) is 10.5. The maximum absolute atomic E-state index is 12.2. The topological polar surface area (TPSA) is 70.5 Å². The molecule has 0 bridgehead atoms. The molecule has 0 spiro atoms. The third kappa shape index (κ3) is 3.68. The lowest BCUT2D eigenvalue weighted by molar-refractivity contribution is -0.138. The molecular weight excluding hydrogens is 323 g/mol. The fraction of sp³-hybridized carbons (Fsp3) is 0.364. The van der Waals surface area contributed by atoms with Crippen molar-refractivity contribution in [2.75, 3.05) is 6.54 Å². The zero-order valence-electron chi connectivity index (χ0n) is 9.85. The molecule has 1 rings (SSSR count). The van der Waals surface area contributed by atoms with E-state index in [9.17, 15) is 9.59 Å². The highest BCUT2D eigenvalue weighted by Gasteiger charge is 2.23. The first-order valence-corrected chi connectivity index (χ1v) is 6.33. The highest BCUT2D eigenvalue weighted by Crippen LogP contribution is 2.20. The Kier molecular flexibility index (Phi) is 5.10. The number of nitrogens with zero attached hydrogens (tertiary/aromatic N) is 2. The third-order valence-corrected chi connectivity index (χ3v) is 2.96. The third-order valence-electron chi connectivity index (χ3n) is 2.23. The standard InChI is InChI=1S/C11H12BrClN2O3/c1-6(2)15(5-9(16)17)11(18)8-3-7(12)4-14-10(8)13/h3-4,6H,5H2,1-2H3,(H,16,17). The van der Waals surface area contributed by atoms with E-state index < -0.39 is 11.9 Å². The minimum Gasteiger partial charge on any atom is -0.480 e. The number of halogens is 2. The van der Waals surface area contributed by atoms with Gasteiger partial charge in [-0.3, -0.25) is 9.59 Å². The fourth-order valence-corrected chi connectivity index (χ4v) is 1.88. The molecule has 0 aliphatic heterocycles. The van der Waals surface area contributed by atoms with Crippen LogP contribution in [-0.2, 0) is 4.79 Å². The van der Waals surface area contributed by atoms with Crippen LogP contribution in [0.15, 0.2) is 16.7 Å². The summed E-state index contributed by atoms with van der Waals surface area (Å²) in [6.45, 7) is 3.10. The van der Waals surface area contributed by atoms with Gasteiger partial charge in [-0.25, -0.2) is 4.98 Å². The molecule has 5 nitrogen and oxygen atoms in total. The summed E-state index contributed by atoms with van der Waals surface area (Å²) in [7, 11) is 0. The maximum Gasteiger partial charge on any atom is 0.323 e. The number of aliphatic carboxylic acids is 1. The summed E-state index contributed by atoms with van der Waals surface area (Å²) in [5.41, 5.74) is 0.181. The molecule has 0 saturated heterocycles. The minimum absolute atomic E-state index is 0.0549. The van der Waals surface area contributed by atoms with Gasteiger partial charge in [0.05, 0.1) is 5.56 Å². The van der Waals surface area contributed by atoms with Crippen molar-refractivity contribution in [1.29, 1.82) is 0 Å². The number of carboxylic acid groups (broad SMARTS) is 1. The summed E-state index contributed by atoms with van der Waals surface area (Å²) in [6.07, 6.45) is 1.47. The smallest absolute Gasteiger partial charge is 0.323 e. The van der Waals surface area contributed by atoms with Crippen LogP contribution in [0.4, 0.5) is 0 Å². The maximum atomic E-state index is 12.2. The first kappa shape index (κ1) is 14.9. The van der Waals surface area contributed by atoms with Crippen molar-refractivity contribution < 1.29 is 14.7 Å². The van der Waals surface area contributed by atoms with Crippen molar-refractivity contribution in [3.8, 4) is 0 Å². The van der Waals surface area contributed by atoms with Crippen LogP contribution in [0.2, 0.25) is 5.15 Å². The zero-order chi connectivity index (χ0) is 13.9. The van der Waals surface area contributed by atoms with Gasteiger partial charge < -0.3 is 10.0 Å². The molecule has 0 atom stereocenters. The SMILES string of the molecule is CC(C)N(CC(=O)O)C(=O)c1cc(Br)cnc1Cl. The Hall–Kier alpha value is -1.14. The lowest BCUT2D eigenvalue weighted by Gasteiger charge is -2.25. The predicted octanol–water partition coefficient (Wildman–Crippen LogP) is 2.43. The first-order valence-electron chi connectivity index (χ1n) is 5.16. The molecule has 0 unspecified atom stereocenters. The van der Waals surface area contributed by atoms with Crippen LogP contribution in [0.25, 0.3) is 0 Å². The van der Waals surface area contributed by atoms with Crippen LogP contribution < -0.4 is 0 Å². The summed E-state index contributed by atoms with van der Waals surface area (Å²) in [5.74, 6) is -1.53. The van der Waals surface area contributed by atoms with E-state index in [0.29, 0.717) is 4.47 Å². The Balaban J connectivity index is 3.09. The van der Waals surface area contributed by atoms with E-state index in [-0.39, 0.29) is 23.3 Å². The number of carbonyl (C=O) groups excluding carboxylic acids is 1. The number of carbonyl (C=O) groups is 2. The van der Waals surface area contributed by atoms with Gasteiger partial charge in [0.1, 0.15) is 11.7 Å². The predicted molar refractivity (Wildman–Crippen MR) is 70.8 cm³/mol. The van der Waals surface area contributed by atoms with Gasteiger partial charge in [-0.2, -0.15) is 0 Å². The largest absolute Gasteiger partial charge is 0.480 e. The molecule has 7 heteroatoms. The lowest BCUT2D eigenvalue weighted by atomic mass is 10.2. The summed E-state index contributed by atoms with van der Waals surface area (Å²) in [4.78, 5) is 28.0. The van der Waals surface area contributed by atoms with Gasteiger partial charge in [-0.15, -0.1) is 0 Å². The number of amides is 1. The van der Waals surface area contributed by atoms with Gasteiger partial charge in [0.15, 0.2) is 0 Å². The van der Waals surface area contributed by atoms with E-state index in [0.717, 1.165) is 0 Å². The van der Waals surface area contributed by atoms with Gasteiger partial charge in [-0.05, 0) is 35.8 Å². The van der Waals surface area contributed by atoms with Crippen LogP contribution in [0.1, 0.15) is 24.2 Å². The van der Waals surface area contributed by atoms with Crippen molar-refractivity contribution in [2.45, 2.75) is 19.9 Å². The number of aromatic nitrogens is 1. The van der Waals surface area contributed by atoms with Crippen LogP contribution in [-0.4, -0.2) is 39.5 Å². The Morgan fingerprint density at radius 2 is 2.17 bits per heavy atom. The lowest BCUT2D eigenvalue weighted by Crippen LogP contribution is -2.40. The second kappa shape index (κ2) is 6.15. The molecule has 1 N–H and O–H groups in total. The molecule has 0 aliphatic rings. The van der Waals surface area contributed by atoms with Gasteiger partial charge in [0.2, 0.25) is 0 Å². The molecule has 0 radical (unpaired) electrons. The van der Waals surface area contributed by atoms with Crippen LogP contribution in [0.5, 0.6) is 0 Å². The van der Waals surface area contributed by atoms with E-state index in [4.69, 9.17) is 16.7 Å². The number of rotatable bonds is 4. The van der Waals surface area contributed by atoms with Crippen molar-refractivity contribution >= 4 is 39.4 Å². The average Bonchev–Trinajstić information content (AvgIpc) is 2.27. The quantitative estimate of drug-likeness (QED) is 0.858. The molecule has 1 amide bonds. The summed E-state index contributed by atoms with van der Waals surface area (Å²) in [5, 5.41) is 8.86. The van der Waals surface area contributed by atoms with Gasteiger partial charge >= 0.3 is 5.97 Å². The number of hydrogen-bond acceptors (Lipinski definition) is 3. The Bertz CT molecular complexity index is 479. The van der Waals surface area contributed by atoms with Crippen molar-refractivity contribution in [3.05, 3.63) is 27.5 Å². The Labute approximate surface area is 118 Å². The Morgan fingerprint density at radius 1 is 1.56 bits per heavy atom. The number of pyridine rings is 1. The molecule has 0 saturated carbocycles. The molecule has 98 valence electrons. The number of carboxylic acids is 1. The van der Waals surface area contributed by atoms with Gasteiger partial charge in [0, 0.05) is 16.7 Å². The van der Waals surface area contributed by atoms with E-state index in [1.54, 1.807) is 13.8 Å². The minimum atomic E-state index is -1.07.